The second-order valence-electron chi connectivity index (χ2n) is 5.61. The average Bonchev–Trinajstić information content (AvgIpc) is 3.23. The van der Waals surface area contributed by atoms with Crippen molar-refractivity contribution in [1.29, 1.82) is 0 Å². The van der Waals surface area contributed by atoms with Crippen molar-refractivity contribution in [2.24, 2.45) is 0 Å². The highest BCUT2D eigenvalue weighted by molar-refractivity contribution is 4.96. The first-order valence-electron chi connectivity index (χ1n) is 7.89. The molecule has 22 heavy (non-hydrogen) atoms. The number of nitrogens with zero attached hydrogens (tertiary/aromatic N) is 5. The standard InChI is InChI=1S/C15H23N5O2/c1-21-12-6-14-17-15(22-18-14)13-5-2-3-8-19(13)10-11-20-9-4-7-16-20/h4,7,9,13H,2-3,5-6,8,10-12H2,1H3/t13-/m0/s1. The van der Waals surface area contributed by atoms with E-state index in [0.29, 0.717) is 13.0 Å². The van der Waals surface area contributed by atoms with Crippen molar-refractivity contribution in [1.82, 2.24) is 24.8 Å². The molecule has 2 aromatic heterocycles. The van der Waals surface area contributed by atoms with E-state index in [4.69, 9.17) is 9.26 Å². The Labute approximate surface area is 130 Å². The van der Waals surface area contributed by atoms with Gasteiger partial charge in [0.15, 0.2) is 5.82 Å². The lowest BCUT2D eigenvalue weighted by Gasteiger charge is -2.33. The lowest BCUT2D eigenvalue weighted by atomic mass is 10.0. The third kappa shape index (κ3) is 3.72. The molecule has 3 rings (SSSR count). The summed E-state index contributed by atoms with van der Waals surface area (Å²) in [7, 11) is 1.68. The molecule has 1 atom stereocenters. The van der Waals surface area contributed by atoms with Gasteiger partial charge in [-0.1, -0.05) is 11.6 Å². The summed E-state index contributed by atoms with van der Waals surface area (Å²) in [6.45, 7) is 3.52. The Bertz CT molecular complexity index is 554. The van der Waals surface area contributed by atoms with Crippen LogP contribution >= 0.6 is 0 Å². The van der Waals surface area contributed by atoms with Crippen LogP contribution in [0.15, 0.2) is 23.0 Å². The molecule has 2 aromatic rings. The fourth-order valence-electron chi connectivity index (χ4n) is 2.90. The molecule has 0 saturated carbocycles. The fraction of sp³-hybridized carbons (Fsp3) is 0.667. The summed E-state index contributed by atoms with van der Waals surface area (Å²) in [5, 5.41) is 8.32. The summed E-state index contributed by atoms with van der Waals surface area (Å²) in [6, 6.07) is 2.18. The maximum absolute atomic E-state index is 5.49. The highest BCUT2D eigenvalue weighted by atomic mass is 16.5. The lowest BCUT2D eigenvalue weighted by molar-refractivity contribution is 0.113. The highest BCUT2D eigenvalue weighted by Crippen LogP contribution is 2.29. The van der Waals surface area contributed by atoms with Crippen molar-refractivity contribution >= 4 is 0 Å². The minimum absolute atomic E-state index is 0.230. The van der Waals surface area contributed by atoms with Crippen LogP contribution in [0.2, 0.25) is 0 Å². The van der Waals surface area contributed by atoms with Gasteiger partial charge in [-0.2, -0.15) is 10.1 Å². The number of rotatable bonds is 7. The first-order chi connectivity index (χ1) is 10.9. The minimum atomic E-state index is 0.230. The van der Waals surface area contributed by atoms with Crippen LogP contribution < -0.4 is 0 Å². The third-order valence-electron chi connectivity index (χ3n) is 4.09. The van der Waals surface area contributed by atoms with Crippen molar-refractivity contribution in [2.75, 3.05) is 26.8 Å². The van der Waals surface area contributed by atoms with Crippen LogP contribution in [0.4, 0.5) is 0 Å². The van der Waals surface area contributed by atoms with E-state index in [1.807, 2.05) is 23.1 Å². The van der Waals surface area contributed by atoms with E-state index in [2.05, 4.69) is 20.1 Å². The second-order valence-corrected chi connectivity index (χ2v) is 5.61. The zero-order valence-electron chi connectivity index (χ0n) is 13.0. The van der Waals surface area contributed by atoms with Crippen LogP contribution in [0.25, 0.3) is 0 Å². The summed E-state index contributed by atoms with van der Waals surface area (Å²) in [4.78, 5) is 6.97. The van der Waals surface area contributed by atoms with Crippen molar-refractivity contribution in [3.63, 3.8) is 0 Å². The molecule has 1 saturated heterocycles. The molecule has 1 aliphatic heterocycles. The maximum atomic E-state index is 5.49. The number of hydrogen-bond acceptors (Lipinski definition) is 6. The van der Waals surface area contributed by atoms with Gasteiger partial charge >= 0.3 is 0 Å². The Morgan fingerprint density at radius 3 is 3.14 bits per heavy atom. The predicted octanol–water partition coefficient (Wildman–Crippen LogP) is 1.68. The molecule has 0 aliphatic carbocycles. The Balaban J connectivity index is 1.62. The maximum Gasteiger partial charge on any atom is 0.243 e. The molecule has 1 aliphatic rings. The number of likely N-dealkylation sites (tertiary alicyclic amines) is 1. The first-order valence-corrected chi connectivity index (χ1v) is 7.89. The van der Waals surface area contributed by atoms with Gasteiger partial charge in [0.2, 0.25) is 5.89 Å². The predicted molar refractivity (Wildman–Crippen MR) is 80.3 cm³/mol. The van der Waals surface area contributed by atoms with Gasteiger partial charge in [0, 0.05) is 32.5 Å². The lowest BCUT2D eigenvalue weighted by Crippen LogP contribution is -2.36. The van der Waals surface area contributed by atoms with Crippen LogP contribution in [0.1, 0.15) is 37.0 Å². The van der Waals surface area contributed by atoms with Crippen molar-refractivity contribution in [3.8, 4) is 0 Å². The third-order valence-corrected chi connectivity index (χ3v) is 4.09. The Hall–Kier alpha value is -1.73. The number of methoxy groups -OCH3 is 1. The number of piperidine rings is 1. The second kappa shape index (κ2) is 7.51. The van der Waals surface area contributed by atoms with E-state index in [1.54, 1.807) is 7.11 Å². The Morgan fingerprint density at radius 1 is 1.36 bits per heavy atom. The van der Waals surface area contributed by atoms with Gasteiger partial charge in [-0.3, -0.25) is 9.58 Å². The van der Waals surface area contributed by atoms with Gasteiger partial charge in [-0.25, -0.2) is 0 Å². The van der Waals surface area contributed by atoms with Crippen molar-refractivity contribution in [2.45, 2.75) is 38.3 Å². The highest BCUT2D eigenvalue weighted by Gasteiger charge is 2.28. The molecule has 0 bridgehead atoms. The van der Waals surface area contributed by atoms with Crippen LogP contribution in [0.5, 0.6) is 0 Å². The summed E-state index contributed by atoms with van der Waals surface area (Å²) in [5.41, 5.74) is 0. The quantitative estimate of drug-likeness (QED) is 0.775. The molecule has 1 fully saturated rings. The van der Waals surface area contributed by atoms with E-state index >= 15 is 0 Å². The van der Waals surface area contributed by atoms with Gasteiger partial charge in [0.05, 0.1) is 19.2 Å². The fourth-order valence-corrected chi connectivity index (χ4v) is 2.90. The number of ether oxygens (including phenoxy) is 1. The van der Waals surface area contributed by atoms with E-state index in [9.17, 15) is 0 Å². The molecule has 0 amide bonds. The van der Waals surface area contributed by atoms with E-state index in [1.165, 1.54) is 12.8 Å². The van der Waals surface area contributed by atoms with E-state index in [-0.39, 0.29) is 6.04 Å². The summed E-state index contributed by atoms with van der Waals surface area (Å²) < 4.78 is 12.5. The van der Waals surface area contributed by atoms with Gasteiger partial charge in [-0.05, 0) is 25.5 Å². The van der Waals surface area contributed by atoms with Crippen molar-refractivity contribution < 1.29 is 9.26 Å². The monoisotopic (exact) mass is 305 g/mol. The normalized spacial score (nSPS) is 19.6. The van der Waals surface area contributed by atoms with Crippen LogP contribution in [0.3, 0.4) is 0 Å². The van der Waals surface area contributed by atoms with Crippen LogP contribution in [0, 0.1) is 0 Å². The molecular formula is C15H23N5O2. The first kappa shape index (κ1) is 15.2. The largest absolute Gasteiger partial charge is 0.384 e. The molecule has 0 spiro atoms. The smallest absolute Gasteiger partial charge is 0.243 e. The zero-order valence-corrected chi connectivity index (χ0v) is 13.0. The molecule has 7 heteroatoms. The Kier molecular flexibility index (Phi) is 5.18. The van der Waals surface area contributed by atoms with E-state index < -0.39 is 0 Å². The molecule has 0 unspecified atom stereocenters. The van der Waals surface area contributed by atoms with Gasteiger partial charge < -0.3 is 9.26 Å². The SMILES string of the molecule is COCCc1noc([C@@H]2CCCCN2CCn2cccn2)n1. The number of hydrogen-bond donors (Lipinski definition) is 0. The molecule has 7 nitrogen and oxygen atoms in total. The Morgan fingerprint density at radius 2 is 2.32 bits per heavy atom. The molecule has 0 radical (unpaired) electrons. The zero-order chi connectivity index (χ0) is 15.2. The van der Waals surface area contributed by atoms with Crippen molar-refractivity contribution in [3.05, 3.63) is 30.2 Å². The molecule has 0 N–H and O–H groups in total. The van der Waals surface area contributed by atoms with Crippen LogP contribution in [-0.4, -0.2) is 51.6 Å². The van der Waals surface area contributed by atoms with Crippen LogP contribution in [-0.2, 0) is 17.7 Å². The van der Waals surface area contributed by atoms with E-state index in [0.717, 1.165) is 37.8 Å². The minimum Gasteiger partial charge on any atom is -0.384 e. The summed E-state index contributed by atoms with van der Waals surface area (Å²) >= 11 is 0. The summed E-state index contributed by atoms with van der Waals surface area (Å²) in [6.07, 6.45) is 8.01. The molecule has 120 valence electrons. The number of aromatic nitrogens is 4. The molecule has 3 heterocycles. The molecule has 0 aromatic carbocycles. The van der Waals surface area contributed by atoms with Gasteiger partial charge in [-0.15, -0.1) is 0 Å². The average molecular weight is 305 g/mol. The van der Waals surface area contributed by atoms with Gasteiger partial charge in [0.1, 0.15) is 0 Å². The topological polar surface area (TPSA) is 69.2 Å². The summed E-state index contributed by atoms with van der Waals surface area (Å²) in [5.74, 6) is 1.47. The molecular weight excluding hydrogens is 282 g/mol. The van der Waals surface area contributed by atoms with Gasteiger partial charge in [0.25, 0.3) is 0 Å².